The van der Waals surface area contributed by atoms with Crippen molar-refractivity contribution in [3.63, 3.8) is 0 Å². The van der Waals surface area contributed by atoms with E-state index >= 15 is 0 Å². The predicted molar refractivity (Wildman–Crippen MR) is 67.8 cm³/mol. The van der Waals surface area contributed by atoms with E-state index in [2.05, 4.69) is 15.3 Å². The lowest BCUT2D eigenvalue weighted by Gasteiger charge is -2.07. The zero-order chi connectivity index (χ0) is 12.8. The third kappa shape index (κ3) is 4.12. The van der Waals surface area contributed by atoms with Crippen LogP contribution in [0.5, 0.6) is 0 Å². The van der Waals surface area contributed by atoms with Crippen molar-refractivity contribution in [2.45, 2.75) is 25.2 Å². The molecule has 0 radical (unpaired) electrons. The van der Waals surface area contributed by atoms with Crippen molar-refractivity contribution >= 4 is 5.82 Å². The molecule has 1 fully saturated rings. The van der Waals surface area contributed by atoms with Gasteiger partial charge in [-0.3, -0.25) is 4.79 Å². The molecule has 1 aliphatic carbocycles. The number of aliphatic hydroxyl groups is 1. The standard InChI is InChI=1S/C12H19N3O3/c16-5-7-18-6-1-4-13-10-8-11(17)15-12(14-10)9-2-3-9/h8-9,16H,1-7H2,(H2,13,14,15,17). The summed E-state index contributed by atoms with van der Waals surface area (Å²) < 4.78 is 5.14. The summed E-state index contributed by atoms with van der Waals surface area (Å²) in [5.74, 6) is 1.86. The first kappa shape index (κ1) is 13.0. The van der Waals surface area contributed by atoms with Crippen LogP contribution in [-0.4, -0.2) is 41.4 Å². The second-order valence-corrected chi connectivity index (χ2v) is 4.41. The number of H-pyrrole nitrogens is 1. The maximum absolute atomic E-state index is 11.4. The summed E-state index contributed by atoms with van der Waals surface area (Å²) in [6.45, 7) is 1.71. The van der Waals surface area contributed by atoms with Crippen LogP contribution in [0.4, 0.5) is 5.82 Å². The normalized spacial score (nSPS) is 14.7. The van der Waals surface area contributed by atoms with E-state index < -0.39 is 0 Å². The molecular formula is C12H19N3O3. The summed E-state index contributed by atoms with van der Waals surface area (Å²) >= 11 is 0. The van der Waals surface area contributed by atoms with E-state index in [-0.39, 0.29) is 12.2 Å². The smallest absolute Gasteiger partial charge is 0.252 e. The molecule has 1 aliphatic rings. The monoisotopic (exact) mass is 253 g/mol. The van der Waals surface area contributed by atoms with Crippen LogP contribution >= 0.6 is 0 Å². The van der Waals surface area contributed by atoms with E-state index in [4.69, 9.17) is 9.84 Å². The van der Waals surface area contributed by atoms with Crippen LogP contribution in [0.3, 0.4) is 0 Å². The molecule has 0 unspecified atom stereocenters. The topological polar surface area (TPSA) is 87.2 Å². The first-order chi connectivity index (χ1) is 8.79. The minimum atomic E-state index is -0.106. The molecule has 3 N–H and O–H groups in total. The largest absolute Gasteiger partial charge is 0.394 e. The lowest BCUT2D eigenvalue weighted by atomic mass is 10.4. The van der Waals surface area contributed by atoms with Crippen molar-refractivity contribution in [2.24, 2.45) is 0 Å². The van der Waals surface area contributed by atoms with Crippen LogP contribution in [0.25, 0.3) is 0 Å². The second kappa shape index (κ2) is 6.51. The van der Waals surface area contributed by atoms with Crippen molar-refractivity contribution in [2.75, 3.05) is 31.7 Å². The van der Waals surface area contributed by atoms with Gasteiger partial charge in [-0.25, -0.2) is 4.98 Å². The van der Waals surface area contributed by atoms with Crippen LogP contribution in [0, 0.1) is 0 Å². The summed E-state index contributed by atoms with van der Waals surface area (Å²) in [4.78, 5) is 18.6. The highest BCUT2D eigenvalue weighted by Crippen LogP contribution is 2.37. The number of hydrogen-bond donors (Lipinski definition) is 3. The molecule has 1 saturated carbocycles. The molecule has 1 heterocycles. The van der Waals surface area contributed by atoms with Crippen molar-refractivity contribution in [3.8, 4) is 0 Å². The maximum Gasteiger partial charge on any atom is 0.252 e. The van der Waals surface area contributed by atoms with Crippen molar-refractivity contribution in [3.05, 3.63) is 22.2 Å². The molecule has 1 aromatic rings. The van der Waals surface area contributed by atoms with E-state index in [0.717, 1.165) is 25.1 Å². The zero-order valence-electron chi connectivity index (χ0n) is 10.3. The Hall–Kier alpha value is -1.40. The Balaban J connectivity index is 1.76. The van der Waals surface area contributed by atoms with Crippen molar-refractivity contribution < 1.29 is 9.84 Å². The predicted octanol–water partition coefficient (Wildman–Crippen LogP) is 0.458. The number of nitrogens with zero attached hydrogens (tertiary/aromatic N) is 1. The highest BCUT2D eigenvalue weighted by molar-refractivity contribution is 5.33. The van der Waals surface area contributed by atoms with Gasteiger partial charge in [0.15, 0.2) is 0 Å². The van der Waals surface area contributed by atoms with Crippen LogP contribution in [0.2, 0.25) is 0 Å². The Bertz CT molecular complexity index is 429. The van der Waals surface area contributed by atoms with E-state index in [1.165, 1.54) is 6.07 Å². The molecule has 0 aliphatic heterocycles. The first-order valence-electron chi connectivity index (χ1n) is 6.33. The average molecular weight is 253 g/mol. The molecule has 100 valence electrons. The highest BCUT2D eigenvalue weighted by atomic mass is 16.5. The van der Waals surface area contributed by atoms with Crippen LogP contribution in [-0.2, 0) is 4.74 Å². The summed E-state index contributed by atoms with van der Waals surface area (Å²) in [6.07, 6.45) is 3.04. The molecule has 18 heavy (non-hydrogen) atoms. The molecule has 0 amide bonds. The minimum absolute atomic E-state index is 0.0494. The van der Waals surface area contributed by atoms with Gasteiger partial charge >= 0.3 is 0 Å². The molecule has 1 aromatic heterocycles. The van der Waals surface area contributed by atoms with Gasteiger partial charge in [0.25, 0.3) is 5.56 Å². The molecule has 0 aromatic carbocycles. The number of aromatic amines is 1. The molecular weight excluding hydrogens is 234 g/mol. The Morgan fingerprint density at radius 2 is 2.33 bits per heavy atom. The van der Waals surface area contributed by atoms with Gasteiger partial charge in [-0.15, -0.1) is 0 Å². The fourth-order valence-corrected chi connectivity index (χ4v) is 1.67. The number of nitrogens with one attached hydrogen (secondary N) is 2. The number of aliphatic hydroxyl groups excluding tert-OH is 1. The van der Waals surface area contributed by atoms with Crippen LogP contribution < -0.4 is 10.9 Å². The number of hydrogen-bond acceptors (Lipinski definition) is 5. The fraction of sp³-hybridized carbons (Fsp3) is 0.667. The van der Waals surface area contributed by atoms with Gasteiger partial charge in [0.05, 0.1) is 13.2 Å². The molecule has 0 bridgehead atoms. The summed E-state index contributed by atoms with van der Waals surface area (Å²) in [5, 5.41) is 11.6. The van der Waals surface area contributed by atoms with Gasteiger partial charge in [-0.05, 0) is 19.3 Å². The van der Waals surface area contributed by atoms with Gasteiger partial charge in [0, 0.05) is 25.1 Å². The molecule has 0 atom stereocenters. The van der Waals surface area contributed by atoms with Gasteiger partial charge < -0.3 is 20.1 Å². The van der Waals surface area contributed by atoms with E-state index in [1.807, 2.05) is 0 Å². The maximum atomic E-state index is 11.4. The number of aromatic nitrogens is 2. The first-order valence-corrected chi connectivity index (χ1v) is 6.33. The molecule has 0 saturated heterocycles. The zero-order valence-corrected chi connectivity index (χ0v) is 10.3. The molecule has 6 nitrogen and oxygen atoms in total. The van der Waals surface area contributed by atoms with Crippen molar-refractivity contribution in [1.29, 1.82) is 0 Å². The average Bonchev–Trinajstić information content (AvgIpc) is 3.17. The lowest BCUT2D eigenvalue weighted by molar-refractivity contribution is 0.0922. The summed E-state index contributed by atoms with van der Waals surface area (Å²) in [5.41, 5.74) is -0.106. The molecule has 0 spiro atoms. The highest BCUT2D eigenvalue weighted by Gasteiger charge is 2.26. The van der Waals surface area contributed by atoms with Gasteiger partial charge in [0.1, 0.15) is 11.6 Å². The Morgan fingerprint density at radius 1 is 1.50 bits per heavy atom. The Kier molecular flexibility index (Phi) is 4.72. The fourth-order valence-electron chi connectivity index (χ4n) is 1.67. The Morgan fingerprint density at radius 3 is 3.06 bits per heavy atom. The van der Waals surface area contributed by atoms with Crippen LogP contribution in [0.1, 0.15) is 31.0 Å². The third-order valence-electron chi connectivity index (χ3n) is 2.73. The van der Waals surface area contributed by atoms with Gasteiger partial charge in [-0.2, -0.15) is 0 Å². The SMILES string of the molecule is O=c1cc(NCCCOCCO)nc(C2CC2)[nH]1. The summed E-state index contributed by atoms with van der Waals surface area (Å²) in [6, 6.07) is 1.47. The summed E-state index contributed by atoms with van der Waals surface area (Å²) in [7, 11) is 0. The van der Waals surface area contributed by atoms with Crippen molar-refractivity contribution in [1.82, 2.24) is 9.97 Å². The number of ether oxygens (including phenoxy) is 1. The number of anilines is 1. The van der Waals surface area contributed by atoms with Gasteiger partial charge in [-0.1, -0.05) is 0 Å². The van der Waals surface area contributed by atoms with Crippen LogP contribution in [0.15, 0.2) is 10.9 Å². The van der Waals surface area contributed by atoms with Gasteiger partial charge in [0.2, 0.25) is 0 Å². The molecule has 6 heteroatoms. The second-order valence-electron chi connectivity index (χ2n) is 4.41. The minimum Gasteiger partial charge on any atom is -0.394 e. The molecule has 2 rings (SSSR count). The van der Waals surface area contributed by atoms with E-state index in [0.29, 0.717) is 31.5 Å². The van der Waals surface area contributed by atoms with E-state index in [9.17, 15) is 4.79 Å². The quantitative estimate of drug-likeness (QED) is 0.586. The van der Waals surface area contributed by atoms with E-state index in [1.54, 1.807) is 0 Å². The lowest BCUT2D eigenvalue weighted by Crippen LogP contribution is -2.14. The number of rotatable bonds is 8. The Labute approximate surface area is 105 Å². The third-order valence-corrected chi connectivity index (χ3v) is 2.73.